The van der Waals surface area contributed by atoms with Crippen LogP contribution in [0.3, 0.4) is 0 Å². The molecule has 0 aromatic heterocycles. The molecule has 1 N–H and O–H groups in total. The van der Waals surface area contributed by atoms with E-state index < -0.39 is 6.10 Å². The molecule has 1 aliphatic rings. The Morgan fingerprint density at radius 1 is 1.16 bits per heavy atom. The van der Waals surface area contributed by atoms with Gasteiger partial charge in [-0.25, -0.2) is 4.39 Å². The molecule has 0 fully saturated rings. The van der Waals surface area contributed by atoms with Crippen LogP contribution in [0.2, 0.25) is 0 Å². The minimum atomic E-state index is -0.543. The maximum absolute atomic E-state index is 12.9. The Bertz CT molecular complexity index is 592. The van der Waals surface area contributed by atoms with Crippen LogP contribution in [0, 0.1) is 12.7 Å². The van der Waals surface area contributed by atoms with Gasteiger partial charge in [-0.05, 0) is 36.8 Å². The molecule has 0 saturated heterocycles. The number of rotatable bonds is 1. The van der Waals surface area contributed by atoms with Crippen molar-refractivity contribution in [3.8, 4) is 5.75 Å². The first-order valence-electron chi connectivity index (χ1n) is 6.34. The normalized spacial score (nSPS) is 21.6. The number of hydrogen-bond acceptors (Lipinski definition) is 2. The minimum Gasteiger partial charge on any atom is -0.485 e. The zero-order valence-electron chi connectivity index (χ0n) is 10.6. The number of aliphatic hydroxyl groups is 1. The summed E-state index contributed by atoms with van der Waals surface area (Å²) >= 11 is 0. The summed E-state index contributed by atoms with van der Waals surface area (Å²) in [5.74, 6) is 0.440. The van der Waals surface area contributed by atoms with E-state index in [4.69, 9.17) is 4.74 Å². The highest BCUT2D eigenvalue weighted by Crippen LogP contribution is 2.40. The Kier molecular flexibility index (Phi) is 2.99. The summed E-state index contributed by atoms with van der Waals surface area (Å²) in [6.07, 6.45) is -0.285. The van der Waals surface area contributed by atoms with Crippen LogP contribution in [-0.4, -0.2) is 5.11 Å². The second-order valence-corrected chi connectivity index (χ2v) is 4.95. The molecular formula is C16H15FO2. The molecule has 1 heterocycles. The van der Waals surface area contributed by atoms with Crippen molar-refractivity contribution in [3.05, 3.63) is 65.0 Å². The third kappa shape index (κ3) is 2.34. The highest BCUT2D eigenvalue weighted by atomic mass is 19.1. The Balaban J connectivity index is 1.92. The van der Waals surface area contributed by atoms with Gasteiger partial charge in [0, 0.05) is 12.0 Å². The average molecular weight is 258 g/mol. The number of aliphatic hydroxyl groups excluding tert-OH is 1. The van der Waals surface area contributed by atoms with E-state index in [2.05, 4.69) is 0 Å². The summed E-state index contributed by atoms with van der Waals surface area (Å²) in [5, 5.41) is 10.2. The lowest BCUT2D eigenvalue weighted by Gasteiger charge is -2.30. The zero-order valence-corrected chi connectivity index (χ0v) is 10.6. The number of benzene rings is 2. The first-order chi connectivity index (χ1) is 9.13. The van der Waals surface area contributed by atoms with Crippen molar-refractivity contribution < 1.29 is 14.2 Å². The van der Waals surface area contributed by atoms with E-state index in [1.54, 1.807) is 12.1 Å². The standard InChI is InChI=1S/C16H15FO2/c1-10-2-7-15-13(8-10)14(18)9-16(19-15)11-3-5-12(17)6-4-11/h2-8,14,16,18H,9H2,1H3. The van der Waals surface area contributed by atoms with Gasteiger partial charge in [0.2, 0.25) is 0 Å². The molecule has 2 nitrogen and oxygen atoms in total. The largest absolute Gasteiger partial charge is 0.485 e. The number of aryl methyl sites for hydroxylation is 1. The summed E-state index contributed by atoms with van der Waals surface area (Å²) in [6, 6.07) is 12.0. The van der Waals surface area contributed by atoms with Crippen molar-refractivity contribution in [1.29, 1.82) is 0 Å². The Hall–Kier alpha value is -1.87. The van der Waals surface area contributed by atoms with Gasteiger partial charge in [0.25, 0.3) is 0 Å². The van der Waals surface area contributed by atoms with Crippen molar-refractivity contribution in [2.24, 2.45) is 0 Å². The number of ether oxygens (including phenoxy) is 1. The summed E-state index contributed by atoms with van der Waals surface area (Å²) in [5.41, 5.74) is 2.81. The Morgan fingerprint density at radius 2 is 1.89 bits per heavy atom. The summed E-state index contributed by atoms with van der Waals surface area (Å²) in [6.45, 7) is 1.99. The van der Waals surface area contributed by atoms with Crippen LogP contribution in [0.5, 0.6) is 5.75 Å². The molecule has 2 unspecified atom stereocenters. The highest BCUT2D eigenvalue weighted by molar-refractivity contribution is 5.41. The molecule has 0 spiro atoms. The first-order valence-corrected chi connectivity index (χ1v) is 6.34. The summed E-state index contributed by atoms with van der Waals surface area (Å²) in [7, 11) is 0. The number of fused-ring (bicyclic) bond motifs is 1. The Labute approximate surface area is 111 Å². The number of halogens is 1. The molecule has 0 amide bonds. The van der Waals surface area contributed by atoms with Crippen LogP contribution >= 0.6 is 0 Å². The van der Waals surface area contributed by atoms with Crippen LogP contribution in [0.15, 0.2) is 42.5 Å². The molecule has 98 valence electrons. The predicted octanol–water partition coefficient (Wildman–Crippen LogP) is 3.69. The maximum Gasteiger partial charge on any atom is 0.127 e. The number of hydrogen-bond donors (Lipinski definition) is 1. The average Bonchev–Trinajstić information content (AvgIpc) is 2.40. The van der Waals surface area contributed by atoms with E-state index in [0.717, 1.165) is 16.7 Å². The van der Waals surface area contributed by atoms with Crippen LogP contribution in [0.4, 0.5) is 4.39 Å². The lowest BCUT2D eigenvalue weighted by Crippen LogP contribution is -2.19. The van der Waals surface area contributed by atoms with Gasteiger partial charge in [-0.2, -0.15) is 0 Å². The van der Waals surface area contributed by atoms with Crippen molar-refractivity contribution in [3.63, 3.8) is 0 Å². The molecule has 19 heavy (non-hydrogen) atoms. The van der Waals surface area contributed by atoms with E-state index in [-0.39, 0.29) is 11.9 Å². The highest BCUT2D eigenvalue weighted by Gasteiger charge is 2.27. The van der Waals surface area contributed by atoms with E-state index in [9.17, 15) is 9.50 Å². The van der Waals surface area contributed by atoms with Crippen LogP contribution in [0.25, 0.3) is 0 Å². The second kappa shape index (κ2) is 4.67. The molecule has 2 aromatic rings. The van der Waals surface area contributed by atoms with Gasteiger partial charge in [0.05, 0.1) is 6.10 Å². The van der Waals surface area contributed by atoms with Gasteiger partial charge < -0.3 is 9.84 Å². The molecule has 3 heteroatoms. The Morgan fingerprint density at radius 3 is 2.63 bits per heavy atom. The molecule has 1 aliphatic heterocycles. The molecular weight excluding hydrogens is 243 g/mol. The minimum absolute atomic E-state index is 0.231. The van der Waals surface area contributed by atoms with E-state index in [1.165, 1.54) is 12.1 Å². The van der Waals surface area contributed by atoms with Gasteiger partial charge in [0.1, 0.15) is 17.7 Å². The van der Waals surface area contributed by atoms with Crippen LogP contribution in [0.1, 0.15) is 35.3 Å². The fourth-order valence-corrected chi connectivity index (χ4v) is 2.45. The molecule has 3 rings (SSSR count). The summed E-state index contributed by atoms with van der Waals surface area (Å²) < 4.78 is 18.8. The van der Waals surface area contributed by atoms with Crippen LogP contribution in [-0.2, 0) is 0 Å². The van der Waals surface area contributed by atoms with Crippen molar-refractivity contribution in [2.75, 3.05) is 0 Å². The van der Waals surface area contributed by atoms with Gasteiger partial charge in [-0.1, -0.05) is 23.8 Å². The van der Waals surface area contributed by atoms with Crippen molar-refractivity contribution in [2.45, 2.75) is 25.6 Å². The zero-order chi connectivity index (χ0) is 13.4. The predicted molar refractivity (Wildman–Crippen MR) is 70.5 cm³/mol. The SMILES string of the molecule is Cc1ccc2c(c1)C(O)CC(c1ccc(F)cc1)O2. The first kappa shape index (κ1) is 12.2. The van der Waals surface area contributed by atoms with Gasteiger partial charge in [-0.3, -0.25) is 0 Å². The van der Waals surface area contributed by atoms with E-state index in [0.29, 0.717) is 12.2 Å². The fraction of sp³-hybridized carbons (Fsp3) is 0.250. The third-order valence-corrected chi connectivity index (χ3v) is 3.47. The lowest BCUT2D eigenvalue weighted by molar-refractivity contribution is 0.0656. The van der Waals surface area contributed by atoms with Gasteiger partial charge >= 0.3 is 0 Å². The van der Waals surface area contributed by atoms with E-state index in [1.807, 2.05) is 25.1 Å². The molecule has 2 aromatic carbocycles. The fourth-order valence-electron chi connectivity index (χ4n) is 2.45. The quantitative estimate of drug-likeness (QED) is 0.845. The second-order valence-electron chi connectivity index (χ2n) is 4.95. The van der Waals surface area contributed by atoms with Crippen LogP contribution < -0.4 is 4.74 Å². The van der Waals surface area contributed by atoms with Gasteiger partial charge in [-0.15, -0.1) is 0 Å². The molecule has 0 radical (unpaired) electrons. The monoisotopic (exact) mass is 258 g/mol. The molecule has 0 aliphatic carbocycles. The lowest BCUT2D eigenvalue weighted by atomic mass is 9.94. The molecule has 0 bridgehead atoms. The smallest absolute Gasteiger partial charge is 0.127 e. The topological polar surface area (TPSA) is 29.5 Å². The van der Waals surface area contributed by atoms with E-state index >= 15 is 0 Å². The third-order valence-electron chi connectivity index (χ3n) is 3.47. The summed E-state index contributed by atoms with van der Waals surface area (Å²) in [4.78, 5) is 0. The van der Waals surface area contributed by atoms with Crippen molar-refractivity contribution in [1.82, 2.24) is 0 Å². The molecule has 2 atom stereocenters. The van der Waals surface area contributed by atoms with Crippen molar-refractivity contribution >= 4 is 0 Å². The molecule has 0 saturated carbocycles. The van der Waals surface area contributed by atoms with Gasteiger partial charge in [0.15, 0.2) is 0 Å². The maximum atomic E-state index is 12.9.